The molecule has 0 radical (unpaired) electrons. The van der Waals surface area contributed by atoms with Gasteiger partial charge in [0.1, 0.15) is 5.82 Å². The molecule has 0 spiro atoms. The Morgan fingerprint density at radius 2 is 2.19 bits per heavy atom. The zero-order valence-electron chi connectivity index (χ0n) is 8.75. The van der Waals surface area contributed by atoms with Gasteiger partial charge in [0.15, 0.2) is 0 Å². The molecule has 0 atom stereocenters. The summed E-state index contributed by atoms with van der Waals surface area (Å²) in [6, 6.07) is 5.55. The Morgan fingerprint density at radius 3 is 2.81 bits per heavy atom. The fourth-order valence-corrected chi connectivity index (χ4v) is 1.94. The largest absolute Gasteiger partial charge is 0.321 e. The Labute approximate surface area is 96.8 Å². The zero-order valence-corrected chi connectivity index (χ0v) is 9.51. The Hall–Kier alpha value is -1.16. The highest BCUT2D eigenvalue weighted by atomic mass is 35.5. The molecule has 0 saturated heterocycles. The lowest BCUT2D eigenvalue weighted by Crippen LogP contribution is -2.09. The first kappa shape index (κ1) is 11.3. The molecule has 16 heavy (non-hydrogen) atoms. The third-order valence-corrected chi connectivity index (χ3v) is 2.66. The second kappa shape index (κ2) is 4.37. The van der Waals surface area contributed by atoms with E-state index in [0.29, 0.717) is 11.3 Å². The van der Waals surface area contributed by atoms with Crippen LogP contribution in [0.5, 0.6) is 0 Å². The first-order chi connectivity index (χ1) is 7.61. The molecule has 0 aliphatic rings. The van der Waals surface area contributed by atoms with Gasteiger partial charge >= 0.3 is 0 Å². The molecule has 2 nitrogen and oxygen atoms in total. The van der Waals surface area contributed by atoms with Crippen molar-refractivity contribution in [1.29, 1.82) is 0 Å². The van der Waals surface area contributed by atoms with Crippen molar-refractivity contribution < 1.29 is 8.78 Å². The summed E-state index contributed by atoms with van der Waals surface area (Å²) in [7, 11) is 0. The quantitative estimate of drug-likeness (QED) is 0.757. The maximum atomic E-state index is 12.4. The topological polar surface area (TPSA) is 17.8 Å². The van der Waals surface area contributed by atoms with Crippen molar-refractivity contribution in [1.82, 2.24) is 9.55 Å². The van der Waals surface area contributed by atoms with Gasteiger partial charge in [-0.3, -0.25) is 0 Å². The molecule has 2 rings (SSSR count). The van der Waals surface area contributed by atoms with Gasteiger partial charge in [0.05, 0.1) is 23.5 Å². The molecule has 5 heteroatoms. The molecule has 0 N–H and O–H groups in total. The first-order valence-corrected chi connectivity index (χ1v) is 5.45. The number of aryl methyl sites for hydroxylation is 1. The summed E-state index contributed by atoms with van der Waals surface area (Å²) >= 11 is 5.70. The van der Waals surface area contributed by atoms with Gasteiger partial charge in [-0.05, 0) is 24.6 Å². The maximum Gasteiger partial charge on any atom is 0.256 e. The number of nitrogens with zero attached hydrogens (tertiary/aromatic N) is 2. The van der Waals surface area contributed by atoms with Gasteiger partial charge in [-0.15, -0.1) is 11.6 Å². The van der Waals surface area contributed by atoms with E-state index >= 15 is 0 Å². The third kappa shape index (κ3) is 2.02. The van der Waals surface area contributed by atoms with E-state index in [2.05, 4.69) is 4.98 Å². The fraction of sp³-hybridized carbons (Fsp3) is 0.364. The van der Waals surface area contributed by atoms with E-state index in [1.165, 1.54) is 4.57 Å². The van der Waals surface area contributed by atoms with Crippen LogP contribution in [0.2, 0.25) is 0 Å². The highest BCUT2D eigenvalue weighted by Crippen LogP contribution is 2.20. The van der Waals surface area contributed by atoms with Crippen LogP contribution in [0, 0.1) is 6.92 Å². The second-order valence-corrected chi connectivity index (χ2v) is 3.92. The van der Waals surface area contributed by atoms with Crippen molar-refractivity contribution in [2.24, 2.45) is 0 Å². The molecular weight excluding hydrogens is 234 g/mol. The van der Waals surface area contributed by atoms with Crippen LogP contribution in [0.25, 0.3) is 11.0 Å². The minimum atomic E-state index is -2.40. The maximum absolute atomic E-state index is 12.4. The fourth-order valence-electron chi connectivity index (χ4n) is 1.73. The molecule has 1 heterocycles. The van der Waals surface area contributed by atoms with Crippen molar-refractivity contribution in [3.63, 3.8) is 0 Å². The zero-order chi connectivity index (χ0) is 11.7. The number of hydrogen-bond donors (Lipinski definition) is 0. The number of rotatable bonds is 3. The van der Waals surface area contributed by atoms with Crippen molar-refractivity contribution in [2.75, 3.05) is 0 Å². The third-order valence-electron chi connectivity index (χ3n) is 2.42. The number of halogens is 3. The Balaban J connectivity index is 2.59. The number of hydrogen-bond acceptors (Lipinski definition) is 1. The standard InChI is InChI=1S/C11H11ClF2N2/c1-7-2-3-9-8(4-7)15-11(5-12)16(9)6-10(13)14/h2-4,10H,5-6H2,1H3. The Kier molecular flexibility index (Phi) is 3.10. The smallest absolute Gasteiger partial charge is 0.256 e. The molecule has 0 bridgehead atoms. The molecule has 2 aromatic rings. The molecule has 0 unspecified atom stereocenters. The Bertz CT molecular complexity index is 508. The summed E-state index contributed by atoms with van der Waals surface area (Å²) < 4.78 is 26.3. The van der Waals surface area contributed by atoms with Gasteiger partial charge in [0.25, 0.3) is 6.43 Å². The lowest BCUT2D eigenvalue weighted by atomic mass is 10.2. The molecule has 0 saturated carbocycles. The Morgan fingerprint density at radius 1 is 1.44 bits per heavy atom. The average Bonchev–Trinajstić information content (AvgIpc) is 2.55. The van der Waals surface area contributed by atoms with E-state index in [4.69, 9.17) is 11.6 Å². The van der Waals surface area contributed by atoms with Crippen LogP contribution in [-0.2, 0) is 12.4 Å². The molecule has 1 aromatic carbocycles. The van der Waals surface area contributed by atoms with Gasteiger partial charge in [0.2, 0.25) is 0 Å². The predicted molar refractivity (Wildman–Crippen MR) is 60.0 cm³/mol. The van der Waals surface area contributed by atoms with E-state index < -0.39 is 6.43 Å². The van der Waals surface area contributed by atoms with E-state index in [0.717, 1.165) is 11.1 Å². The van der Waals surface area contributed by atoms with E-state index in [-0.39, 0.29) is 12.4 Å². The average molecular weight is 245 g/mol. The van der Waals surface area contributed by atoms with Crippen LogP contribution in [-0.4, -0.2) is 16.0 Å². The summed E-state index contributed by atoms with van der Waals surface area (Å²) in [5.74, 6) is 0.628. The van der Waals surface area contributed by atoms with E-state index in [1.54, 1.807) is 6.07 Å². The number of aromatic nitrogens is 2. The SMILES string of the molecule is Cc1ccc2c(c1)nc(CCl)n2CC(F)F. The number of alkyl halides is 3. The molecule has 0 fully saturated rings. The van der Waals surface area contributed by atoms with Gasteiger partial charge in [-0.1, -0.05) is 6.07 Å². The highest BCUT2D eigenvalue weighted by molar-refractivity contribution is 6.16. The van der Waals surface area contributed by atoms with Crippen LogP contribution >= 0.6 is 11.6 Å². The number of fused-ring (bicyclic) bond motifs is 1. The summed E-state index contributed by atoms with van der Waals surface area (Å²) in [6.45, 7) is 1.58. The lowest BCUT2D eigenvalue weighted by molar-refractivity contribution is 0.127. The van der Waals surface area contributed by atoms with Crippen molar-refractivity contribution in [3.8, 4) is 0 Å². The molecule has 1 aromatic heterocycles. The normalized spacial score (nSPS) is 11.6. The molecule has 0 aliphatic carbocycles. The van der Waals surface area contributed by atoms with Crippen LogP contribution < -0.4 is 0 Å². The summed E-state index contributed by atoms with van der Waals surface area (Å²) in [6.07, 6.45) is -2.40. The lowest BCUT2D eigenvalue weighted by Gasteiger charge is -2.06. The van der Waals surface area contributed by atoms with Crippen LogP contribution in [0.4, 0.5) is 8.78 Å². The van der Waals surface area contributed by atoms with E-state index in [1.807, 2.05) is 19.1 Å². The summed E-state index contributed by atoms with van der Waals surface area (Å²) in [5.41, 5.74) is 2.48. The molecule has 0 aliphatic heterocycles. The highest BCUT2D eigenvalue weighted by Gasteiger charge is 2.13. The van der Waals surface area contributed by atoms with Gasteiger partial charge in [-0.25, -0.2) is 13.8 Å². The van der Waals surface area contributed by atoms with E-state index in [9.17, 15) is 8.78 Å². The van der Waals surface area contributed by atoms with Crippen molar-refractivity contribution in [3.05, 3.63) is 29.6 Å². The minimum Gasteiger partial charge on any atom is -0.321 e. The summed E-state index contributed by atoms with van der Waals surface area (Å²) in [4.78, 5) is 4.24. The van der Waals surface area contributed by atoms with Gasteiger partial charge in [-0.2, -0.15) is 0 Å². The van der Waals surface area contributed by atoms with Crippen LogP contribution in [0.3, 0.4) is 0 Å². The molecular formula is C11H11ClF2N2. The van der Waals surface area contributed by atoms with Gasteiger partial charge in [0, 0.05) is 0 Å². The molecule has 86 valence electrons. The van der Waals surface area contributed by atoms with Gasteiger partial charge < -0.3 is 4.57 Å². The second-order valence-electron chi connectivity index (χ2n) is 3.66. The number of benzene rings is 1. The predicted octanol–water partition coefficient (Wildman–Crippen LogP) is 3.35. The summed E-state index contributed by atoms with van der Waals surface area (Å²) in [5, 5.41) is 0. The van der Waals surface area contributed by atoms with Crippen LogP contribution in [0.1, 0.15) is 11.4 Å². The van der Waals surface area contributed by atoms with Crippen molar-refractivity contribution in [2.45, 2.75) is 25.8 Å². The molecule has 0 amide bonds. The monoisotopic (exact) mass is 244 g/mol. The first-order valence-electron chi connectivity index (χ1n) is 4.91. The van der Waals surface area contributed by atoms with Crippen molar-refractivity contribution >= 4 is 22.6 Å². The number of imidazole rings is 1. The minimum absolute atomic E-state index is 0.139. The van der Waals surface area contributed by atoms with Crippen LogP contribution in [0.15, 0.2) is 18.2 Å².